The van der Waals surface area contributed by atoms with E-state index in [1.807, 2.05) is 57.5 Å². The van der Waals surface area contributed by atoms with Crippen LogP contribution in [0.5, 0.6) is 11.8 Å². The highest BCUT2D eigenvalue weighted by Gasteiger charge is 2.44. The molecule has 4 saturated heterocycles. The van der Waals surface area contributed by atoms with Crippen molar-refractivity contribution in [1.82, 2.24) is 45.7 Å². The summed E-state index contributed by atoms with van der Waals surface area (Å²) in [6.07, 6.45) is 16.0. The summed E-state index contributed by atoms with van der Waals surface area (Å²) in [4.78, 5) is 66.6. The van der Waals surface area contributed by atoms with Gasteiger partial charge in [-0.3, -0.25) is 19.4 Å². The Kier molecular flexibility index (Phi) is 17.3. The maximum atomic E-state index is 17.1. The van der Waals surface area contributed by atoms with Gasteiger partial charge in [-0.2, -0.15) is 9.97 Å². The second-order valence-corrected chi connectivity index (χ2v) is 24.0. The summed E-state index contributed by atoms with van der Waals surface area (Å²) in [6.45, 7) is 11.9. The molecule has 7 heterocycles. The molecule has 10 rings (SSSR count). The summed E-state index contributed by atoms with van der Waals surface area (Å²) < 4.78 is 38.6. The summed E-state index contributed by atoms with van der Waals surface area (Å²) in [6, 6.07) is 12.4. The molecule has 3 aromatic carbocycles. The molecule has 4 aliphatic rings. The normalized spacial score (nSPS) is 20.1. The van der Waals surface area contributed by atoms with Crippen LogP contribution in [0.15, 0.2) is 60.2 Å². The number of thiazole rings is 1. The third kappa shape index (κ3) is 12.7. The molecule has 6 aromatic rings. The maximum Gasteiger partial charge on any atom is 0.319 e. The summed E-state index contributed by atoms with van der Waals surface area (Å²) in [5, 5.41) is 32.1. The van der Waals surface area contributed by atoms with E-state index in [9.17, 15) is 24.6 Å². The average molecular weight is 1110 g/mol. The summed E-state index contributed by atoms with van der Waals surface area (Å²) in [7, 11) is 0. The minimum Gasteiger partial charge on any atom is -0.508 e. The molecule has 3 unspecified atom stereocenters. The molecule has 2 bridgehead atoms. The minimum absolute atomic E-state index is 0.0174. The zero-order chi connectivity index (χ0) is 56.2. The molecule has 0 saturated carbocycles. The third-order valence-corrected chi connectivity index (χ3v) is 17.2. The topological polar surface area (TPSA) is 198 Å². The van der Waals surface area contributed by atoms with Crippen molar-refractivity contribution in [1.29, 1.82) is 0 Å². The van der Waals surface area contributed by atoms with Gasteiger partial charge in [0.2, 0.25) is 17.7 Å². The Hall–Kier alpha value is -6.85. The van der Waals surface area contributed by atoms with Gasteiger partial charge >= 0.3 is 6.01 Å². The minimum atomic E-state index is -0.873. The van der Waals surface area contributed by atoms with Crippen LogP contribution in [-0.4, -0.2) is 133 Å². The van der Waals surface area contributed by atoms with Gasteiger partial charge in [-0.05, 0) is 92.1 Å². The molecule has 5 atom stereocenters. The molecule has 3 amide bonds. The van der Waals surface area contributed by atoms with Crippen LogP contribution >= 0.6 is 11.3 Å². The highest BCUT2D eigenvalue weighted by atomic mass is 32.1. The number of phenols is 1. The van der Waals surface area contributed by atoms with Crippen LogP contribution in [0.2, 0.25) is 0 Å². The first-order chi connectivity index (χ1) is 38.5. The van der Waals surface area contributed by atoms with Crippen molar-refractivity contribution in [2.75, 3.05) is 44.2 Å². The SMILES string of the molecule is C#Cc1c(F)ccc2cc(O)cc(-c3ncc4c(N5CC6CCC(C5)N6)nc(OC5CCN(CCCCCCCCC(=O)N[C@H](C(=O)N6C[C@H](O)CC6C(=O)NCc6ccc(-c7scnc7C)cc6)C(C)(C)C)CC5)nc4c3F)c12. The molecule has 4 aliphatic heterocycles. The molecule has 0 radical (unpaired) electrons. The van der Waals surface area contributed by atoms with Gasteiger partial charge in [0.25, 0.3) is 0 Å². The first kappa shape index (κ1) is 56.4. The number of aromatic nitrogens is 4. The summed E-state index contributed by atoms with van der Waals surface area (Å²) in [5.74, 6) is 0.495. The lowest BCUT2D eigenvalue weighted by Gasteiger charge is -2.35. The van der Waals surface area contributed by atoms with Crippen LogP contribution in [-0.2, 0) is 20.9 Å². The number of phenolic OH excluding ortho intramolecular Hbond substituents is 1. The largest absolute Gasteiger partial charge is 0.508 e. The number of hydrogen-bond acceptors (Lipinski definition) is 14. The zero-order valence-corrected chi connectivity index (χ0v) is 46.9. The third-order valence-electron chi connectivity index (χ3n) is 16.3. The Morgan fingerprint density at radius 2 is 1.66 bits per heavy atom. The van der Waals surface area contributed by atoms with E-state index in [0.29, 0.717) is 36.1 Å². The number of fused-ring (bicyclic) bond motifs is 4. The number of piperidine rings is 1. The number of pyridine rings is 1. The smallest absolute Gasteiger partial charge is 0.319 e. The fourth-order valence-corrected chi connectivity index (χ4v) is 12.8. The van der Waals surface area contributed by atoms with E-state index >= 15 is 8.78 Å². The monoisotopic (exact) mass is 1110 g/mol. The Labute approximate surface area is 470 Å². The number of carbonyl (C=O) groups excluding carboxylic acids is 3. The van der Waals surface area contributed by atoms with Gasteiger partial charge in [-0.15, -0.1) is 17.8 Å². The molecule has 19 heteroatoms. The first-order valence-electron chi connectivity index (χ1n) is 28.2. The average Bonchev–Trinajstić information content (AvgIpc) is 3.94. The zero-order valence-electron chi connectivity index (χ0n) is 46.1. The van der Waals surface area contributed by atoms with Gasteiger partial charge in [-0.25, -0.2) is 13.8 Å². The molecule has 16 nitrogen and oxygen atoms in total. The maximum absolute atomic E-state index is 17.1. The van der Waals surface area contributed by atoms with E-state index in [2.05, 4.69) is 46.6 Å². The molecule has 422 valence electrons. The number of nitrogens with one attached hydrogen (secondary N) is 3. The molecule has 0 spiro atoms. The standard InChI is InChI=1S/C61H72F2N10O6S/c1-6-45-48(62)21-18-39-27-42(74)28-46(51(39)45)53-52(63)54-47(31-64-53)57(72-32-40-19-20-41(33-72)67-40)70-60(69-54)79-44-22-25-71(26-23-44)24-12-10-8-7-9-11-13-50(76)68-56(61(3,4)5)59(78)73-34-43(75)29-49(73)58(77)65-30-37-14-16-38(17-15-37)55-36(2)66-35-80-55/h1,14-18,21,27-28,31,35,40-41,43-44,49,56,67,74-75H,7-13,19-20,22-26,29-30,32-34H2,2-5H3,(H,65,77)(H,68,76)/t40?,41?,43-,49?,56-/m1/s1. The van der Waals surface area contributed by atoms with Gasteiger partial charge in [0.1, 0.15) is 46.8 Å². The van der Waals surface area contributed by atoms with Crippen molar-refractivity contribution in [3.8, 4) is 45.8 Å². The van der Waals surface area contributed by atoms with Crippen LogP contribution in [0.1, 0.15) is 115 Å². The van der Waals surface area contributed by atoms with E-state index in [1.165, 1.54) is 29.2 Å². The molecule has 4 fully saturated rings. The summed E-state index contributed by atoms with van der Waals surface area (Å²) in [5.41, 5.74) is 4.11. The van der Waals surface area contributed by atoms with Crippen LogP contribution in [0.3, 0.4) is 0 Å². The van der Waals surface area contributed by atoms with Crippen molar-refractivity contribution >= 4 is 56.6 Å². The predicted molar refractivity (Wildman–Crippen MR) is 306 cm³/mol. The number of benzene rings is 3. The highest BCUT2D eigenvalue weighted by molar-refractivity contribution is 7.13. The lowest BCUT2D eigenvalue weighted by molar-refractivity contribution is -0.144. The van der Waals surface area contributed by atoms with Crippen molar-refractivity contribution in [3.05, 3.63) is 88.7 Å². The van der Waals surface area contributed by atoms with Crippen LogP contribution < -0.4 is 25.6 Å². The predicted octanol–water partition coefficient (Wildman–Crippen LogP) is 8.57. The fourth-order valence-electron chi connectivity index (χ4n) is 12.0. The number of aromatic hydroxyl groups is 1. The van der Waals surface area contributed by atoms with Gasteiger partial charge in [0.15, 0.2) is 5.82 Å². The number of rotatable bonds is 19. The number of anilines is 1. The number of unbranched alkanes of at least 4 members (excludes halogenated alkanes) is 5. The van der Waals surface area contributed by atoms with Gasteiger partial charge < -0.3 is 45.6 Å². The van der Waals surface area contributed by atoms with Crippen molar-refractivity contribution in [3.63, 3.8) is 0 Å². The van der Waals surface area contributed by atoms with E-state index in [-0.39, 0.29) is 101 Å². The Morgan fingerprint density at radius 1 is 0.938 bits per heavy atom. The second kappa shape index (κ2) is 24.5. The second-order valence-electron chi connectivity index (χ2n) is 23.2. The van der Waals surface area contributed by atoms with Crippen molar-refractivity contribution < 1.29 is 38.1 Å². The molecule has 3 aromatic heterocycles. The van der Waals surface area contributed by atoms with Gasteiger partial charge in [-0.1, -0.05) is 82.7 Å². The first-order valence-corrected chi connectivity index (χ1v) is 29.1. The number of aliphatic hydroxyl groups excluding tert-OH is 1. The Morgan fingerprint density at radius 3 is 2.36 bits per heavy atom. The van der Waals surface area contributed by atoms with Gasteiger partial charge in [0.05, 0.1) is 33.1 Å². The van der Waals surface area contributed by atoms with Crippen molar-refractivity contribution in [2.24, 2.45) is 5.41 Å². The lowest BCUT2D eigenvalue weighted by Crippen LogP contribution is -2.57. The number of carbonyl (C=O) groups is 3. The molecule has 5 N–H and O–H groups in total. The highest BCUT2D eigenvalue weighted by Crippen LogP contribution is 2.40. The van der Waals surface area contributed by atoms with Crippen LogP contribution in [0.4, 0.5) is 14.6 Å². The Balaban J connectivity index is 0.675. The van der Waals surface area contributed by atoms with E-state index in [1.54, 1.807) is 17.5 Å². The number of hydrogen-bond donors (Lipinski definition) is 5. The number of piperazine rings is 1. The van der Waals surface area contributed by atoms with E-state index < -0.39 is 35.2 Å². The summed E-state index contributed by atoms with van der Waals surface area (Å²) >= 11 is 1.58. The lowest BCUT2D eigenvalue weighted by atomic mass is 9.85. The number of aliphatic hydroxyl groups is 1. The van der Waals surface area contributed by atoms with Crippen molar-refractivity contribution in [2.45, 2.75) is 148 Å². The molecule has 0 aliphatic carbocycles. The number of terminal acetylenes is 1. The van der Waals surface area contributed by atoms with Gasteiger partial charge in [0, 0.05) is 81.3 Å². The van der Waals surface area contributed by atoms with Crippen LogP contribution in [0.25, 0.3) is 43.4 Å². The number of β-amino-alcohol motifs (C(OH)–C–C–N with tert-alkyl or cyclic N) is 1. The van der Waals surface area contributed by atoms with Crippen LogP contribution in [0, 0.1) is 36.3 Å². The number of likely N-dealkylation sites (tertiary alicyclic amines) is 2. The quantitative estimate of drug-likeness (QED) is 0.0382. The molecular weight excluding hydrogens is 1040 g/mol. The number of amides is 3. The van der Waals surface area contributed by atoms with E-state index in [0.717, 1.165) is 99.1 Å². The Bertz CT molecular complexity index is 3270. The number of aryl methyl sites for hydroxylation is 1. The molecular formula is C61H72F2N10O6S. The number of halogens is 2. The van der Waals surface area contributed by atoms with E-state index in [4.69, 9.17) is 16.1 Å². The number of nitrogens with zero attached hydrogens (tertiary/aromatic N) is 7. The molecule has 80 heavy (non-hydrogen) atoms. The number of ether oxygens (including phenoxy) is 1. The fraction of sp³-hybridized carbons (Fsp3) is 0.492.